The van der Waals surface area contributed by atoms with Crippen LogP contribution in [0.2, 0.25) is 0 Å². The van der Waals surface area contributed by atoms with Crippen molar-refractivity contribution in [1.29, 1.82) is 0 Å². The third-order valence-electron chi connectivity index (χ3n) is 6.76. The van der Waals surface area contributed by atoms with Gasteiger partial charge in [-0.2, -0.15) is 0 Å². The first-order valence-corrected chi connectivity index (χ1v) is 14.1. The molecule has 2 amide bonds. The molecule has 4 aromatic rings. The van der Waals surface area contributed by atoms with E-state index in [4.69, 9.17) is 4.74 Å². The Kier molecular flexibility index (Phi) is 11.8. The number of aliphatic hydroxyl groups excluding tert-OH is 2. The summed E-state index contributed by atoms with van der Waals surface area (Å²) in [6.45, 7) is 1.88. The van der Waals surface area contributed by atoms with Crippen molar-refractivity contribution in [2.45, 2.75) is 38.6 Å². The molecule has 214 valence electrons. The summed E-state index contributed by atoms with van der Waals surface area (Å²) in [5.41, 5.74) is 5.49. The fourth-order valence-electron chi connectivity index (χ4n) is 4.51. The van der Waals surface area contributed by atoms with Gasteiger partial charge in [-0.3, -0.25) is 0 Å². The van der Waals surface area contributed by atoms with Gasteiger partial charge in [0.1, 0.15) is 12.4 Å². The molecular weight excluding hydrogens is 514 g/mol. The van der Waals surface area contributed by atoms with E-state index in [9.17, 15) is 15.0 Å². The van der Waals surface area contributed by atoms with Gasteiger partial charge in [0.15, 0.2) is 0 Å². The van der Waals surface area contributed by atoms with E-state index in [1.807, 2.05) is 78.9 Å². The Labute approximate surface area is 242 Å². The fourth-order valence-corrected chi connectivity index (χ4v) is 4.51. The molecule has 7 heteroatoms. The highest BCUT2D eigenvalue weighted by molar-refractivity contribution is 5.89. The maximum atomic E-state index is 12.3. The Balaban J connectivity index is 1.16. The molecule has 0 aliphatic heterocycles. The number of urea groups is 1. The summed E-state index contributed by atoms with van der Waals surface area (Å²) in [5, 5.41) is 29.6. The van der Waals surface area contributed by atoms with Crippen molar-refractivity contribution in [3.8, 4) is 5.75 Å². The number of carbonyl (C=O) groups excluding carboxylic acids is 1. The number of nitrogens with one attached hydrogen (secondary N) is 3. The predicted octanol–water partition coefficient (Wildman–Crippen LogP) is 5.38. The molecule has 0 spiro atoms. The summed E-state index contributed by atoms with van der Waals surface area (Å²) in [7, 11) is 0. The minimum absolute atomic E-state index is 0.172. The van der Waals surface area contributed by atoms with Gasteiger partial charge in [0.25, 0.3) is 0 Å². The number of benzene rings is 4. The Morgan fingerprint density at radius 1 is 0.780 bits per heavy atom. The van der Waals surface area contributed by atoms with Gasteiger partial charge in [0.05, 0.1) is 12.7 Å². The number of aryl methyl sites for hydroxylation is 1. The second kappa shape index (κ2) is 16.2. The van der Waals surface area contributed by atoms with Gasteiger partial charge in [0.2, 0.25) is 0 Å². The molecule has 0 aliphatic rings. The topological polar surface area (TPSA) is 103 Å². The van der Waals surface area contributed by atoms with Crippen LogP contribution in [-0.2, 0) is 26.1 Å². The molecule has 41 heavy (non-hydrogen) atoms. The maximum Gasteiger partial charge on any atom is 0.319 e. The Hall–Kier alpha value is -4.17. The van der Waals surface area contributed by atoms with Gasteiger partial charge < -0.3 is 30.9 Å². The van der Waals surface area contributed by atoms with Gasteiger partial charge in [-0.05, 0) is 72.3 Å². The first-order valence-electron chi connectivity index (χ1n) is 14.1. The Morgan fingerprint density at radius 3 is 2.27 bits per heavy atom. The molecule has 0 radical (unpaired) electrons. The van der Waals surface area contributed by atoms with Crippen molar-refractivity contribution in [2.24, 2.45) is 0 Å². The van der Waals surface area contributed by atoms with Crippen molar-refractivity contribution in [1.82, 2.24) is 10.6 Å². The molecule has 1 atom stereocenters. The summed E-state index contributed by atoms with van der Waals surface area (Å²) in [6.07, 6.45) is 1.83. The van der Waals surface area contributed by atoms with Crippen LogP contribution in [0, 0.1) is 0 Å². The van der Waals surface area contributed by atoms with Crippen molar-refractivity contribution in [3.05, 3.63) is 131 Å². The number of aliphatic hydroxyl groups is 2. The highest BCUT2D eigenvalue weighted by Crippen LogP contribution is 2.24. The van der Waals surface area contributed by atoms with Gasteiger partial charge in [0, 0.05) is 24.3 Å². The zero-order valence-electron chi connectivity index (χ0n) is 23.3. The third kappa shape index (κ3) is 10.1. The number of ether oxygens (including phenoxy) is 1. The molecule has 0 aliphatic carbocycles. The van der Waals surface area contributed by atoms with Crippen molar-refractivity contribution in [2.75, 3.05) is 25.0 Å². The van der Waals surface area contributed by atoms with Crippen molar-refractivity contribution < 1.29 is 19.7 Å². The monoisotopic (exact) mass is 553 g/mol. The number of hydrogen-bond acceptors (Lipinski definition) is 5. The van der Waals surface area contributed by atoms with Gasteiger partial charge in [-0.15, -0.1) is 0 Å². The first-order chi connectivity index (χ1) is 20.1. The largest absolute Gasteiger partial charge is 0.489 e. The summed E-state index contributed by atoms with van der Waals surface area (Å²) in [4.78, 5) is 12.3. The van der Waals surface area contributed by atoms with Crippen molar-refractivity contribution >= 4 is 11.7 Å². The third-order valence-corrected chi connectivity index (χ3v) is 6.76. The lowest BCUT2D eigenvalue weighted by Crippen LogP contribution is -2.29. The average molecular weight is 554 g/mol. The first kappa shape index (κ1) is 29.8. The summed E-state index contributed by atoms with van der Waals surface area (Å²) < 4.78 is 5.88. The van der Waals surface area contributed by atoms with E-state index in [2.05, 4.69) is 28.1 Å². The summed E-state index contributed by atoms with van der Waals surface area (Å²) >= 11 is 0. The second-order valence-electron chi connectivity index (χ2n) is 9.94. The fraction of sp³-hybridized carbons (Fsp3) is 0.265. The molecule has 0 saturated heterocycles. The normalized spacial score (nSPS) is 11.6. The van der Waals surface area contributed by atoms with Crippen molar-refractivity contribution in [3.63, 3.8) is 0 Å². The highest BCUT2D eigenvalue weighted by Gasteiger charge is 2.12. The van der Waals surface area contributed by atoms with Crippen LogP contribution in [0.25, 0.3) is 0 Å². The van der Waals surface area contributed by atoms with E-state index in [1.165, 1.54) is 5.56 Å². The number of carbonyl (C=O) groups is 1. The second-order valence-corrected chi connectivity index (χ2v) is 9.94. The molecule has 4 rings (SSSR count). The van der Waals surface area contributed by atoms with E-state index in [0.717, 1.165) is 41.6 Å². The van der Waals surface area contributed by atoms with Gasteiger partial charge >= 0.3 is 6.03 Å². The van der Waals surface area contributed by atoms with Crippen LogP contribution in [0.1, 0.15) is 40.3 Å². The zero-order chi connectivity index (χ0) is 28.7. The van der Waals surface area contributed by atoms with E-state index < -0.39 is 6.10 Å². The standard InChI is InChI=1S/C34H39N3O4/c38-24-30-22-29(16-17-33(30)41-25-28-11-5-2-6-12-28)32(39)23-35-20-18-27-13-7-15-31(21-27)37-34(40)36-19-8-14-26-9-3-1-4-10-26/h1-7,9-13,15-17,21-22,32,35,38-39H,8,14,18-20,23-25H2,(H2,36,37,40)/t32-/m1/s1. The maximum absolute atomic E-state index is 12.3. The molecule has 0 unspecified atom stereocenters. The molecule has 0 fully saturated rings. The van der Waals surface area contributed by atoms with E-state index in [1.54, 1.807) is 12.1 Å². The van der Waals surface area contributed by atoms with Crippen LogP contribution in [0.4, 0.5) is 10.5 Å². The number of rotatable bonds is 15. The quantitative estimate of drug-likeness (QED) is 0.127. The molecule has 0 bridgehead atoms. The number of amides is 2. The number of anilines is 1. The van der Waals surface area contributed by atoms with E-state index >= 15 is 0 Å². The molecule has 7 nitrogen and oxygen atoms in total. The molecule has 0 heterocycles. The molecule has 5 N–H and O–H groups in total. The minimum atomic E-state index is -0.720. The van der Waals surface area contributed by atoms with Gasteiger partial charge in [-0.25, -0.2) is 4.79 Å². The van der Waals surface area contributed by atoms with Crippen LogP contribution in [-0.4, -0.2) is 35.9 Å². The molecule has 0 aromatic heterocycles. The smallest absolute Gasteiger partial charge is 0.319 e. The Morgan fingerprint density at radius 2 is 1.51 bits per heavy atom. The average Bonchev–Trinajstić information content (AvgIpc) is 3.01. The van der Waals surface area contributed by atoms with E-state index in [-0.39, 0.29) is 12.6 Å². The van der Waals surface area contributed by atoms with Crippen LogP contribution in [0.5, 0.6) is 5.75 Å². The van der Waals surface area contributed by atoms with Crippen LogP contribution < -0.4 is 20.7 Å². The van der Waals surface area contributed by atoms with Gasteiger partial charge in [-0.1, -0.05) is 78.9 Å². The summed E-state index contributed by atoms with van der Waals surface area (Å²) in [6, 6.07) is 33.1. The Bertz CT molecular complexity index is 1350. The molecule has 0 saturated carbocycles. The summed E-state index contributed by atoms with van der Waals surface area (Å²) in [5.74, 6) is 0.606. The zero-order valence-corrected chi connectivity index (χ0v) is 23.3. The predicted molar refractivity (Wildman–Crippen MR) is 163 cm³/mol. The molecule has 4 aromatic carbocycles. The van der Waals surface area contributed by atoms with E-state index in [0.29, 0.717) is 37.6 Å². The number of hydrogen-bond donors (Lipinski definition) is 5. The van der Waals surface area contributed by atoms with Crippen LogP contribution in [0.15, 0.2) is 103 Å². The highest BCUT2D eigenvalue weighted by atomic mass is 16.5. The van der Waals surface area contributed by atoms with Crippen LogP contribution in [0.3, 0.4) is 0 Å². The minimum Gasteiger partial charge on any atom is -0.489 e. The lowest BCUT2D eigenvalue weighted by Gasteiger charge is -2.16. The lowest BCUT2D eigenvalue weighted by molar-refractivity contribution is 0.174. The molecular formula is C34H39N3O4. The van der Waals surface area contributed by atoms with Crippen LogP contribution >= 0.6 is 0 Å². The SMILES string of the molecule is O=C(NCCCc1ccccc1)Nc1cccc(CCNC[C@@H](O)c2ccc(OCc3ccccc3)c(CO)c2)c1. The lowest BCUT2D eigenvalue weighted by atomic mass is 10.0.